The van der Waals surface area contributed by atoms with E-state index in [1.54, 1.807) is 13.0 Å². The number of esters is 2. The van der Waals surface area contributed by atoms with Crippen molar-refractivity contribution >= 4 is 17.6 Å². The van der Waals surface area contributed by atoms with Crippen LogP contribution in [0.4, 0.5) is 5.69 Å². The summed E-state index contributed by atoms with van der Waals surface area (Å²) >= 11 is 0. The fourth-order valence-corrected chi connectivity index (χ4v) is 4.58. The second-order valence-electron chi connectivity index (χ2n) is 10.4. The highest BCUT2D eigenvalue weighted by Crippen LogP contribution is 2.40. The van der Waals surface area contributed by atoms with Crippen molar-refractivity contribution in [2.75, 3.05) is 37.8 Å². The summed E-state index contributed by atoms with van der Waals surface area (Å²) in [5, 5.41) is 0. The van der Waals surface area contributed by atoms with Gasteiger partial charge >= 0.3 is 11.9 Å². The Morgan fingerprint density at radius 2 is 1.49 bits per heavy atom. The summed E-state index contributed by atoms with van der Waals surface area (Å²) in [6.07, 6.45) is 0. The van der Waals surface area contributed by atoms with Gasteiger partial charge < -0.3 is 19.1 Å². The average Bonchev–Trinajstić information content (AvgIpc) is 2.91. The van der Waals surface area contributed by atoms with Gasteiger partial charge in [0.25, 0.3) is 0 Å². The van der Waals surface area contributed by atoms with Crippen molar-refractivity contribution in [2.45, 2.75) is 53.9 Å². The van der Waals surface area contributed by atoms with Crippen LogP contribution < -0.4 is 9.64 Å². The summed E-state index contributed by atoms with van der Waals surface area (Å²) in [7, 11) is 0. The van der Waals surface area contributed by atoms with Crippen molar-refractivity contribution in [1.82, 2.24) is 0 Å². The number of nitrogens with zero attached hydrogens (tertiary/aromatic N) is 1. The molecule has 3 aromatic carbocycles. The summed E-state index contributed by atoms with van der Waals surface area (Å²) in [5.74, 6) is -0.0152. The third-order valence-electron chi connectivity index (χ3n) is 6.55. The molecule has 0 bridgehead atoms. The lowest BCUT2D eigenvalue weighted by Crippen LogP contribution is -2.26. The third-order valence-corrected chi connectivity index (χ3v) is 6.55. The standard InChI is InChI=1S/C33H41NO5/c1-8-34(9-2)30-17-15-26(21-29(30)33(5,6)7)28-16-14-25(22-31(28)39-19-18-38-23(4)35)24-12-11-13-27(20-24)32(36)37-10-3/h11-17,20-22H,8-10,18-19H2,1-7H3. The largest absolute Gasteiger partial charge is 0.489 e. The molecule has 0 aliphatic heterocycles. The lowest BCUT2D eigenvalue weighted by Gasteiger charge is -2.31. The number of hydrogen-bond acceptors (Lipinski definition) is 6. The lowest BCUT2D eigenvalue weighted by molar-refractivity contribution is -0.141. The normalized spacial score (nSPS) is 11.2. The summed E-state index contributed by atoms with van der Waals surface area (Å²) in [6.45, 7) is 16.8. The van der Waals surface area contributed by atoms with Gasteiger partial charge in [0.2, 0.25) is 0 Å². The van der Waals surface area contributed by atoms with Gasteiger partial charge in [-0.2, -0.15) is 0 Å². The smallest absolute Gasteiger partial charge is 0.338 e. The maximum atomic E-state index is 12.3. The molecule has 0 aromatic heterocycles. The van der Waals surface area contributed by atoms with Crippen LogP contribution in [0.2, 0.25) is 0 Å². The Hall–Kier alpha value is -3.80. The highest BCUT2D eigenvalue weighted by atomic mass is 16.6. The van der Waals surface area contributed by atoms with Crippen LogP contribution in [-0.4, -0.2) is 44.8 Å². The highest BCUT2D eigenvalue weighted by molar-refractivity contribution is 5.91. The Kier molecular flexibility index (Phi) is 10.2. The van der Waals surface area contributed by atoms with Gasteiger partial charge in [-0.3, -0.25) is 4.79 Å². The fraction of sp³-hybridized carbons (Fsp3) is 0.394. The number of hydrogen-bond donors (Lipinski definition) is 0. The predicted octanol–water partition coefficient (Wildman–Crippen LogP) is 7.28. The first-order valence-corrected chi connectivity index (χ1v) is 13.7. The molecule has 0 saturated carbocycles. The van der Waals surface area contributed by atoms with Crippen LogP contribution in [0.3, 0.4) is 0 Å². The van der Waals surface area contributed by atoms with Crippen molar-refractivity contribution < 1.29 is 23.8 Å². The van der Waals surface area contributed by atoms with Gasteiger partial charge in [-0.25, -0.2) is 4.79 Å². The monoisotopic (exact) mass is 531 g/mol. The quantitative estimate of drug-likeness (QED) is 0.191. The number of carbonyl (C=O) groups excluding carboxylic acids is 2. The van der Waals surface area contributed by atoms with Gasteiger partial charge in [0, 0.05) is 31.3 Å². The molecule has 0 N–H and O–H groups in total. The number of carbonyl (C=O) groups is 2. The molecular formula is C33H41NO5. The minimum absolute atomic E-state index is 0.0578. The fourth-order valence-electron chi connectivity index (χ4n) is 4.58. The highest BCUT2D eigenvalue weighted by Gasteiger charge is 2.22. The van der Waals surface area contributed by atoms with E-state index in [1.165, 1.54) is 18.2 Å². The summed E-state index contributed by atoms with van der Waals surface area (Å²) in [6, 6.07) is 20.0. The molecule has 6 heteroatoms. The third kappa shape index (κ3) is 7.62. The molecule has 0 spiro atoms. The van der Waals surface area contributed by atoms with E-state index in [9.17, 15) is 9.59 Å². The van der Waals surface area contributed by atoms with Crippen molar-refractivity contribution in [3.05, 3.63) is 71.8 Å². The van der Waals surface area contributed by atoms with Gasteiger partial charge in [-0.1, -0.05) is 51.1 Å². The van der Waals surface area contributed by atoms with Gasteiger partial charge in [0.15, 0.2) is 0 Å². The molecule has 6 nitrogen and oxygen atoms in total. The summed E-state index contributed by atoms with van der Waals surface area (Å²) < 4.78 is 16.5. The van der Waals surface area contributed by atoms with Crippen LogP contribution in [-0.2, 0) is 19.7 Å². The molecule has 0 unspecified atom stereocenters. The number of benzene rings is 3. The van der Waals surface area contributed by atoms with Gasteiger partial charge in [-0.05, 0) is 78.8 Å². The molecule has 0 saturated heterocycles. The Morgan fingerprint density at radius 3 is 2.13 bits per heavy atom. The van der Waals surface area contributed by atoms with Crippen LogP contribution in [0.1, 0.15) is 64.4 Å². The average molecular weight is 532 g/mol. The Labute approximate surface area is 232 Å². The maximum absolute atomic E-state index is 12.3. The zero-order valence-electron chi connectivity index (χ0n) is 24.3. The minimum Gasteiger partial charge on any atom is -0.489 e. The molecule has 0 aliphatic carbocycles. The van der Waals surface area contributed by atoms with Crippen LogP contribution >= 0.6 is 0 Å². The van der Waals surface area contributed by atoms with Crippen LogP contribution in [0.5, 0.6) is 5.75 Å². The molecule has 39 heavy (non-hydrogen) atoms. The topological polar surface area (TPSA) is 65.1 Å². The second-order valence-corrected chi connectivity index (χ2v) is 10.4. The number of ether oxygens (including phenoxy) is 3. The van der Waals surface area contributed by atoms with Gasteiger partial charge in [-0.15, -0.1) is 0 Å². The minimum atomic E-state index is -0.350. The summed E-state index contributed by atoms with van der Waals surface area (Å²) in [5.41, 5.74) is 6.72. The Bertz CT molecular complexity index is 1290. The van der Waals surface area contributed by atoms with Crippen molar-refractivity contribution in [3.8, 4) is 28.0 Å². The Morgan fingerprint density at radius 1 is 0.795 bits per heavy atom. The first kappa shape index (κ1) is 29.8. The van der Waals surface area contributed by atoms with E-state index in [1.807, 2.05) is 36.4 Å². The molecule has 3 rings (SSSR count). The first-order chi connectivity index (χ1) is 18.6. The van der Waals surface area contributed by atoms with Crippen molar-refractivity contribution in [3.63, 3.8) is 0 Å². The zero-order chi connectivity index (χ0) is 28.6. The molecule has 3 aromatic rings. The van der Waals surface area contributed by atoms with Crippen molar-refractivity contribution in [1.29, 1.82) is 0 Å². The SMILES string of the molecule is CCOC(=O)c1cccc(-c2ccc(-c3ccc(N(CC)CC)c(C(C)(C)C)c3)c(OCCOC(C)=O)c2)c1. The molecule has 0 radical (unpaired) electrons. The van der Waals surface area contributed by atoms with Gasteiger partial charge in [0.1, 0.15) is 19.0 Å². The molecule has 0 fully saturated rings. The van der Waals surface area contributed by atoms with Crippen LogP contribution in [0, 0.1) is 0 Å². The summed E-state index contributed by atoms with van der Waals surface area (Å²) in [4.78, 5) is 25.9. The molecule has 0 amide bonds. The molecule has 0 atom stereocenters. The van der Waals surface area contributed by atoms with E-state index in [4.69, 9.17) is 14.2 Å². The maximum Gasteiger partial charge on any atom is 0.338 e. The number of anilines is 1. The first-order valence-electron chi connectivity index (χ1n) is 13.7. The zero-order valence-corrected chi connectivity index (χ0v) is 24.3. The van der Waals surface area contributed by atoms with E-state index < -0.39 is 0 Å². The predicted molar refractivity (Wildman–Crippen MR) is 158 cm³/mol. The molecule has 0 heterocycles. The lowest BCUT2D eigenvalue weighted by atomic mass is 9.83. The Balaban J connectivity index is 2.09. The van der Waals surface area contributed by atoms with Crippen LogP contribution in [0.15, 0.2) is 60.7 Å². The van der Waals surface area contributed by atoms with Crippen molar-refractivity contribution in [2.24, 2.45) is 0 Å². The van der Waals surface area contributed by atoms with E-state index in [0.29, 0.717) is 17.9 Å². The van der Waals surface area contributed by atoms with E-state index >= 15 is 0 Å². The van der Waals surface area contributed by atoms with E-state index in [-0.39, 0.29) is 30.6 Å². The second kappa shape index (κ2) is 13.3. The van der Waals surface area contributed by atoms with Gasteiger partial charge in [0.05, 0.1) is 12.2 Å². The number of rotatable bonds is 11. The molecular weight excluding hydrogens is 490 g/mol. The van der Waals surface area contributed by atoms with E-state index in [2.05, 4.69) is 57.7 Å². The van der Waals surface area contributed by atoms with E-state index in [0.717, 1.165) is 35.3 Å². The molecule has 208 valence electrons. The molecule has 0 aliphatic rings. The van der Waals surface area contributed by atoms with Crippen LogP contribution in [0.25, 0.3) is 22.3 Å².